The zero-order chi connectivity index (χ0) is 11.6. The van der Waals surface area contributed by atoms with E-state index in [0.717, 1.165) is 11.3 Å². The average molecular weight is 228 g/mol. The fourth-order valence-corrected chi connectivity index (χ4v) is 1.85. The Morgan fingerprint density at radius 3 is 2.07 bits per heavy atom. The number of rotatable bonds is 4. The second-order valence-electron chi connectivity index (χ2n) is 2.66. The van der Waals surface area contributed by atoms with Crippen LogP contribution in [0.4, 0.5) is 0 Å². The van der Waals surface area contributed by atoms with E-state index in [9.17, 15) is 14.4 Å². The number of thiazole rings is 1. The highest BCUT2D eigenvalue weighted by atomic mass is 32.1. The van der Waals surface area contributed by atoms with Gasteiger partial charge >= 0.3 is 0 Å². The van der Waals surface area contributed by atoms with Crippen LogP contribution in [0.1, 0.15) is 25.2 Å². The second-order valence-corrected chi connectivity index (χ2v) is 3.74. The molecule has 0 saturated carbocycles. The third kappa shape index (κ3) is 2.50. The summed E-state index contributed by atoms with van der Waals surface area (Å²) >= 11 is 0.837. The van der Waals surface area contributed by atoms with E-state index in [-0.39, 0.29) is 22.0 Å². The number of carbonyl (C=O) groups excluding carboxylic acids is 3. The Bertz CT molecular complexity index is 408. The molecule has 0 bridgehead atoms. The molecule has 7 nitrogen and oxygen atoms in total. The fourth-order valence-electron chi connectivity index (χ4n) is 0.923. The SMILES string of the molecule is NC(=O)Cc1nc(C(N)=O)c(C(N)=O)s1. The van der Waals surface area contributed by atoms with Crippen molar-refractivity contribution in [3.8, 4) is 0 Å². The van der Waals surface area contributed by atoms with Gasteiger partial charge in [0.25, 0.3) is 11.8 Å². The molecule has 1 heterocycles. The zero-order valence-electron chi connectivity index (χ0n) is 7.52. The van der Waals surface area contributed by atoms with Crippen LogP contribution in [0.5, 0.6) is 0 Å². The molecule has 0 unspecified atom stereocenters. The van der Waals surface area contributed by atoms with E-state index in [1.165, 1.54) is 0 Å². The van der Waals surface area contributed by atoms with Crippen LogP contribution in [-0.4, -0.2) is 22.7 Å². The summed E-state index contributed by atoms with van der Waals surface area (Å²) in [5.41, 5.74) is 14.7. The first-order valence-corrected chi connectivity index (χ1v) is 4.61. The maximum absolute atomic E-state index is 10.9. The summed E-state index contributed by atoms with van der Waals surface area (Å²) in [7, 11) is 0. The van der Waals surface area contributed by atoms with E-state index in [1.807, 2.05) is 0 Å². The largest absolute Gasteiger partial charge is 0.369 e. The van der Waals surface area contributed by atoms with Gasteiger partial charge in [-0.05, 0) is 0 Å². The third-order valence-corrected chi connectivity index (χ3v) is 2.52. The van der Waals surface area contributed by atoms with E-state index >= 15 is 0 Å². The topological polar surface area (TPSA) is 142 Å². The van der Waals surface area contributed by atoms with Crippen molar-refractivity contribution in [1.29, 1.82) is 0 Å². The molecule has 1 rings (SSSR count). The summed E-state index contributed by atoms with van der Waals surface area (Å²) in [4.78, 5) is 36.0. The first kappa shape index (κ1) is 11.1. The lowest BCUT2D eigenvalue weighted by atomic mass is 10.3. The number of aromatic nitrogens is 1. The number of nitrogens with two attached hydrogens (primary N) is 3. The van der Waals surface area contributed by atoms with Crippen LogP contribution in [0.25, 0.3) is 0 Å². The predicted octanol–water partition coefficient (Wildman–Crippen LogP) is -1.63. The van der Waals surface area contributed by atoms with Crippen LogP contribution in [0.15, 0.2) is 0 Å². The normalized spacial score (nSPS) is 9.87. The molecule has 8 heteroatoms. The Labute approximate surface area is 88.3 Å². The first-order valence-electron chi connectivity index (χ1n) is 3.79. The van der Waals surface area contributed by atoms with Crippen LogP contribution in [0, 0.1) is 0 Å². The summed E-state index contributed by atoms with van der Waals surface area (Å²) in [6, 6.07) is 0. The zero-order valence-corrected chi connectivity index (χ0v) is 8.34. The molecule has 6 N–H and O–H groups in total. The minimum atomic E-state index is -0.865. The lowest BCUT2D eigenvalue weighted by Gasteiger charge is -1.90. The Morgan fingerprint density at radius 1 is 1.13 bits per heavy atom. The van der Waals surface area contributed by atoms with Gasteiger partial charge in [0.15, 0.2) is 5.69 Å². The number of carbonyl (C=O) groups is 3. The van der Waals surface area contributed by atoms with Gasteiger partial charge in [-0.1, -0.05) is 0 Å². The molecule has 1 aromatic heterocycles. The number of amides is 3. The highest BCUT2D eigenvalue weighted by Crippen LogP contribution is 2.18. The molecule has 0 aliphatic rings. The summed E-state index contributed by atoms with van der Waals surface area (Å²) < 4.78 is 0. The number of hydrogen-bond acceptors (Lipinski definition) is 5. The molecule has 3 amide bonds. The summed E-state index contributed by atoms with van der Waals surface area (Å²) in [5, 5.41) is 0.241. The first-order chi connectivity index (χ1) is 6.91. The minimum absolute atomic E-state index is 0.0567. The van der Waals surface area contributed by atoms with E-state index < -0.39 is 17.7 Å². The Kier molecular flexibility index (Phi) is 3.00. The molecule has 15 heavy (non-hydrogen) atoms. The molecular weight excluding hydrogens is 220 g/mol. The number of primary amides is 3. The van der Waals surface area contributed by atoms with Gasteiger partial charge in [0, 0.05) is 0 Å². The van der Waals surface area contributed by atoms with Gasteiger partial charge in [0.2, 0.25) is 5.91 Å². The summed E-state index contributed by atoms with van der Waals surface area (Å²) in [5.74, 6) is -2.29. The third-order valence-electron chi connectivity index (χ3n) is 1.45. The second kappa shape index (κ2) is 4.05. The van der Waals surface area contributed by atoms with Gasteiger partial charge < -0.3 is 17.2 Å². The van der Waals surface area contributed by atoms with Gasteiger partial charge in [0.1, 0.15) is 9.88 Å². The molecule has 0 atom stereocenters. The number of nitrogens with zero attached hydrogens (tertiary/aromatic N) is 1. The van der Waals surface area contributed by atoms with E-state index in [1.54, 1.807) is 0 Å². The van der Waals surface area contributed by atoms with E-state index in [2.05, 4.69) is 4.98 Å². The molecule has 0 radical (unpaired) electrons. The Balaban J connectivity index is 3.15. The fraction of sp³-hybridized carbons (Fsp3) is 0.143. The van der Waals surface area contributed by atoms with E-state index in [4.69, 9.17) is 17.2 Å². The Hall–Kier alpha value is -1.96. The maximum atomic E-state index is 10.9. The van der Waals surface area contributed by atoms with Crippen molar-refractivity contribution in [2.24, 2.45) is 17.2 Å². The van der Waals surface area contributed by atoms with Crippen LogP contribution in [-0.2, 0) is 11.2 Å². The van der Waals surface area contributed by atoms with Crippen LogP contribution in [0.3, 0.4) is 0 Å². The molecule has 0 aliphatic carbocycles. The van der Waals surface area contributed by atoms with Gasteiger partial charge in [-0.25, -0.2) is 4.98 Å². The van der Waals surface area contributed by atoms with Crippen LogP contribution in [0.2, 0.25) is 0 Å². The van der Waals surface area contributed by atoms with Crippen molar-refractivity contribution < 1.29 is 14.4 Å². The molecule has 0 saturated heterocycles. The number of hydrogen-bond donors (Lipinski definition) is 3. The van der Waals surface area contributed by atoms with Gasteiger partial charge in [0.05, 0.1) is 6.42 Å². The summed E-state index contributed by atoms with van der Waals surface area (Å²) in [6.07, 6.45) is -0.155. The van der Waals surface area contributed by atoms with Gasteiger partial charge in [-0.15, -0.1) is 11.3 Å². The molecule has 0 aliphatic heterocycles. The monoisotopic (exact) mass is 228 g/mol. The van der Waals surface area contributed by atoms with Crippen molar-refractivity contribution in [1.82, 2.24) is 4.98 Å². The smallest absolute Gasteiger partial charge is 0.269 e. The highest BCUT2D eigenvalue weighted by molar-refractivity contribution is 7.14. The lowest BCUT2D eigenvalue weighted by molar-refractivity contribution is -0.117. The quantitative estimate of drug-likeness (QED) is 0.568. The predicted molar refractivity (Wildman–Crippen MR) is 52.0 cm³/mol. The standard InChI is InChI=1S/C7H8N4O3S/c8-2(12)1-3-11-4(6(9)13)5(15-3)7(10)14/h1H2,(H2,8,12)(H2,9,13)(H2,10,14). The van der Waals surface area contributed by atoms with Crippen molar-refractivity contribution in [2.75, 3.05) is 0 Å². The van der Waals surface area contributed by atoms with Crippen molar-refractivity contribution in [3.63, 3.8) is 0 Å². The molecule has 0 spiro atoms. The van der Waals surface area contributed by atoms with Gasteiger partial charge in [-0.2, -0.15) is 0 Å². The van der Waals surface area contributed by atoms with Crippen LogP contribution < -0.4 is 17.2 Å². The van der Waals surface area contributed by atoms with Gasteiger partial charge in [-0.3, -0.25) is 14.4 Å². The molecule has 0 fully saturated rings. The average Bonchev–Trinajstić information content (AvgIpc) is 2.46. The molecular formula is C7H8N4O3S. The van der Waals surface area contributed by atoms with Crippen molar-refractivity contribution >= 4 is 29.1 Å². The minimum Gasteiger partial charge on any atom is -0.369 e. The molecule has 0 aromatic carbocycles. The van der Waals surface area contributed by atoms with Crippen molar-refractivity contribution in [2.45, 2.75) is 6.42 Å². The maximum Gasteiger partial charge on any atom is 0.269 e. The van der Waals surface area contributed by atoms with Crippen molar-refractivity contribution in [3.05, 3.63) is 15.6 Å². The molecule has 80 valence electrons. The highest BCUT2D eigenvalue weighted by Gasteiger charge is 2.20. The van der Waals surface area contributed by atoms with Crippen LogP contribution >= 0.6 is 11.3 Å². The summed E-state index contributed by atoms with van der Waals surface area (Å²) in [6.45, 7) is 0. The Morgan fingerprint density at radius 2 is 1.73 bits per heavy atom. The van der Waals surface area contributed by atoms with E-state index in [0.29, 0.717) is 0 Å². The molecule has 1 aromatic rings. The lowest BCUT2D eigenvalue weighted by Crippen LogP contribution is -2.19.